The minimum absolute atomic E-state index is 0.271. The number of likely N-dealkylation sites (tertiary alicyclic amines) is 1. The SMILES string of the molecule is CCN1CCC(CCCOc2cccc(CC(N)=O)c2)CC1. The lowest BCUT2D eigenvalue weighted by atomic mass is 9.92. The van der Waals surface area contributed by atoms with Crippen molar-refractivity contribution in [3.8, 4) is 5.75 Å². The van der Waals surface area contributed by atoms with Gasteiger partial charge in [-0.25, -0.2) is 0 Å². The van der Waals surface area contributed by atoms with E-state index < -0.39 is 0 Å². The molecule has 0 unspecified atom stereocenters. The van der Waals surface area contributed by atoms with Gasteiger partial charge in [0.15, 0.2) is 0 Å². The van der Waals surface area contributed by atoms with Crippen LogP contribution in [0.1, 0.15) is 38.2 Å². The van der Waals surface area contributed by atoms with E-state index in [0.29, 0.717) is 0 Å². The molecule has 1 heterocycles. The van der Waals surface area contributed by atoms with Crippen molar-refractivity contribution < 1.29 is 9.53 Å². The minimum Gasteiger partial charge on any atom is -0.494 e. The Morgan fingerprint density at radius 3 is 2.82 bits per heavy atom. The maximum absolute atomic E-state index is 10.9. The Labute approximate surface area is 133 Å². The van der Waals surface area contributed by atoms with Crippen LogP contribution in [-0.4, -0.2) is 37.0 Å². The largest absolute Gasteiger partial charge is 0.494 e. The van der Waals surface area contributed by atoms with Crippen molar-refractivity contribution in [2.75, 3.05) is 26.2 Å². The lowest BCUT2D eigenvalue weighted by Gasteiger charge is -2.30. The van der Waals surface area contributed by atoms with Crippen molar-refractivity contribution in [3.05, 3.63) is 29.8 Å². The van der Waals surface area contributed by atoms with Crippen LogP contribution in [0.4, 0.5) is 0 Å². The number of benzene rings is 1. The topological polar surface area (TPSA) is 55.6 Å². The van der Waals surface area contributed by atoms with Gasteiger partial charge in [-0.3, -0.25) is 4.79 Å². The second-order valence-corrected chi connectivity index (χ2v) is 6.16. The van der Waals surface area contributed by atoms with Crippen molar-refractivity contribution in [1.29, 1.82) is 0 Å². The Bertz CT molecular complexity index is 468. The molecule has 0 aliphatic carbocycles. The van der Waals surface area contributed by atoms with Crippen LogP contribution in [0.15, 0.2) is 24.3 Å². The molecule has 0 bridgehead atoms. The number of carbonyl (C=O) groups is 1. The lowest BCUT2D eigenvalue weighted by molar-refractivity contribution is -0.117. The summed E-state index contributed by atoms with van der Waals surface area (Å²) in [7, 11) is 0. The van der Waals surface area contributed by atoms with E-state index in [1.807, 2.05) is 24.3 Å². The van der Waals surface area contributed by atoms with Gasteiger partial charge >= 0.3 is 0 Å². The molecule has 122 valence electrons. The molecule has 1 fully saturated rings. The van der Waals surface area contributed by atoms with Gasteiger partial charge in [-0.15, -0.1) is 0 Å². The second kappa shape index (κ2) is 8.79. The van der Waals surface area contributed by atoms with E-state index in [4.69, 9.17) is 10.5 Å². The number of rotatable bonds is 8. The summed E-state index contributed by atoms with van der Waals surface area (Å²) >= 11 is 0. The van der Waals surface area contributed by atoms with Gasteiger partial charge in [0.2, 0.25) is 5.91 Å². The van der Waals surface area contributed by atoms with Crippen LogP contribution < -0.4 is 10.5 Å². The van der Waals surface area contributed by atoms with Gasteiger partial charge < -0.3 is 15.4 Å². The van der Waals surface area contributed by atoms with Gasteiger partial charge in [0, 0.05) is 0 Å². The summed E-state index contributed by atoms with van der Waals surface area (Å²) in [6, 6.07) is 7.65. The average molecular weight is 304 g/mol. The fourth-order valence-corrected chi connectivity index (χ4v) is 3.10. The second-order valence-electron chi connectivity index (χ2n) is 6.16. The summed E-state index contributed by atoms with van der Waals surface area (Å²) in [5.74, 6) is 1.38. The molecule has 1 amide bonds. The van der Waals surface area contributed by atoms with Crippen molar-refractivity contribution in [2.24, 2.45) is 11.7 Å². The Hall–Kier alpha value is -1.55. The zero-order chi connectivity index (χ0) is 15.8. The third kappa shape index (κ3) is 5.68. The maximum atomic E-state index is 10.9. The summed E-state index contributed by atoms with van der Waals surface area (Å²) in [5.41, 5.74) is 6.13. The predicted octanol–water partition coefficient (Wildman–Crippen LogP) is 2.61. The van der Waals surface area contributed by atoms with Gasteiger partial charge in [-0.05, 0) is 68.9 Å². The van der Waals surface area contributed by atoms with E-state index in [9.17, 15) is 4.79 Å². The number of primary amides is 1. The Morgan fingerprint density at radius 2 is 2.14 bits per heavy atom. The summed E-state index contributed by atoms with van der Waals surface area (Å²) < 4.78 is 5.80. The first-order valence-corrected chi connectivity index (χ1v) is 8.39. The normalized spacial score (nSPS) is 16.6. The maximum Gasteiger partial charge on any atom is 0.221 e. The van der Waals surface area contributed by atoms with Crippen LogP contribution in [-0.2, 0) is 11.2 Å². The van der Waals surface area contributed by atoms with Crippen LogP contribution in [0.25, 0.3) is 0 Å². The number of amides is 1. The Balaban J connectivity index is 1.65. The van der Waals surface area contributed by atoms with Crippen molar-refractivity contribution >= 4 is 5.91 Å². The van der Waals surface area contributed by atoms with Crippen LogP contribution in [0, 0.1) is 5.92 Å². The molecule has 1 aliphatic rings. The van der Waals surface area contributed by atoms with E-state index in [0.717, 1.165) is 30.3 Å². The highest BCUT2D eigenvalue weighted by Crippen LogP contribution is 2.22. The molecule has 1 aliphatic heterocycles. The third-order valence-corrected chi connectivity index (χ3v) is 4.46. The molecule has 22 heavy (non-hydrogen) atoms. The standard InChI is InChI=1S/C18H28N2O2/c1-2-20-10-8-15(9-11-20)6-4-12-22-17-7-3-5-16(13-17)14-18(19)21/h3,5,7,13,15H,2,4,6,8-12,14H2,1H3,(H2,19,21). The molecule has 0 radical (unpaired) electrons. The van der Waals surface area contributed by atoms with E-state index in [1.165, 1.54) is 38.9 Å². The van der Waals surface area contributed by atoms with E-state index in [2.05, 4.69) is 11.8 Å². The summed E-state index contributed by atoms with van der Waals surface area (Å²) in [5, 5.41) is 0. The molecule has 0 atom stereocenters. The zero-order valence-corrected chi connectivity index (χ0v) is 13.6. The number of hydrogen-bond acceptors (Lipinski definition) is 3. The highest BCUT2D eigenvalue weighted by Gasteiger charge is 2.17. The summed E-state index contributed by atoms with van der Waals surface area (Å²) in [4.78, 5) is 13.5. The first-order valence-electron chi connectivity index (χ1n) is 8.39. The molecule has 4 nitrogen and oxygen atoms in total. The van der Waals surface area contributed by atoms with Crippen molar-refractivity contribution in [1.82, 2.24) is 4.90 Å². The smallest absolute Gasteiger partial charge is 0.221 e. The van der Waals surface area contributed by atoms with Gasteiger partial charge in [0.05, 0.1) is 13.0 Å². The number of ether oxygens (including phenoxy) is 1. The Morgan fingerprint density at radius 1 is 1.36 bits per heavy atom. The zero-order valence-electron chi connectivity index (χ0n) is 13.6. The van der Waals surface area contributed by atoms with E-state index in [-0.39, 0.29) is 12.3 Å². The molecule has 1 aromatic rings. The molecule has 1 saturated heterocycles. The fourth-order valence-electron chi connectivity index (χ4n) is 3.10. The lowest BCUT2D eigenvalue weighted by Crippen LogP contribution is -2.33. The molecular formula is C18H28N2O2. The van der Waals surface area contributed by atoms with E-state index >= 15 is 0 Å². The third-order valence-electron chi connectivity index (χ3n) is 4.46. The number of piperidine rings is 1. The van der Waals surface area contributed by atoms with Gasteiger partial charge in [0.25, 0.3) is 0 Å². The predicted molar refractivity (Wildman–Crippen MR) is 88.9 cm³/mol. The average Bonchev–Trinajstić information content (AvgIpc) is 2.52. The molecule has 0 aromatic heterocycles. The molecule has 4 heteroatoms. The quantitative estimate of drug-likeness (QED) is 0.751. The Kier molecular flexibility index (Phi) is 6.72. The number of hydrogen-bond donors (Lipinski definition) is 1. The molecule has 0 spiro atoms. The molecule has 2 rings (SSSR count). The van der Waals surface area contributed by atoms with Crippen LogP contribution in [0.3, 0.4) is 0 Å². The number of carbonyl (C=O) groups excluding carboxylic acids is 1. The van der Waals surface area contributed by atoms with Crippen LogP contribution in [0.5, 0.6) is 5.75 Å². The summed E-state index contributed by atoms with van der Waals surface area (Å²) in [6.07, 6.45) is 5.26. The number of nitrogens with zero attached hydrogens (tertiary/aromatic N) is 1. The monoisotopic (exact) mass is 304 g/mol. The van der Waals surface area contributed by atoms with Crippen LogP contribution >= 0.6 is 0 Å². The molecule has 2 N–H and O–H groups in total. The first kappa shape index (κ1) is 16.8. The summed E-state index contributed by atoms with van der Waals surface area (Å²) in [6.45, 7) is 6.65. The van der Waals surface area contributed by atoms with Gasteiger partial charge in [-0.1, -0.05) is 19.1 Å². The molecule has 1 aromatic carbocycles. The first-order chi connectivity index (χ1) is 10.7. The van der Waals surface area contributed by atoms with Crippen molar-refractivity contribution in [2.45, 2.75) is 39.0 Å². The highest BCUT2D eigenvalue weighted by molar-refractivity contribution is 5.76. The van der Waals surface area contributed by atoms with E-state index in [1.54, 1.807) is 0 Å². The van der Waals surface area contributed by atoms with Gasteiger partial charge in [0.1, 0.15) is 5.75 Å². The fraction of sp³-hybridized carbons (Fsp3) is 0.611. The highest BCUT2D eigenvalue weighted by atomic mass is 16.5. The molecular weight excluding hydrogens is 276 g/mol. The number of nitrogens with two attached hydrogens (primary N) is 1. The van der Waals surface area contributed by atoms with Gasteiger partial charge in [-0.2, -0.15) is 0 Å². The molecule has 0 saturated carbocycles. The van der Waals surface area contributed by atoms with Crippen molar-refractivity contribution in [3.63, 3.8) is 0 Å². The van der Waals surface area contributed by atoms with Crippen LogP contribution in [0.2, 0.25) is 0 Å². The minimum atomic E-state index is -0.310.